The van der Waals surface area contributed by atoms with Gasteiger partial charge in [-0.2, -0.15) is 0 Å². The number of carboxylic acids is 1. The highest BCUT2D eigenvalue weighted by molar-refractivity contribution is 5.66. The molecular weight excluding hydrogens is 430 g/mol. The number of nitrogens with one attached hydrogen (secondary N) is 1. The van der Waals surface area contributed by atoms with Gasteiger partial charge in [0.1, 0.15) is 0 Å². The Labute approximate surface area is 210 Å². The van der Waals surface area contributed by atoms with Gasteiger partial charge in [-0.25, -0.2) is 0 Å². The highest BCUT2D eigenvalue weighted by Crippen LogP contribution is 2.13. The van der Waals surface area contributed by atoms with E-state index in [4.69, 9.17) is 19.7 Å². The van der Waals surface area contributed by atoms with Crippen LogP contribution < -0.4 is 5.32 Å². The quantitative estimate of drug-likeness (QED) is 0.105. The number of aliphatic hydroxyl groups excluding tert-OH is 1. The van der Waals surface area contributed by atoms with Crippen LogP contribution in [0.3, 0.4) is 0 Å². The van der Waals surface area contributed by atoms with E-state index in [9.17, 15) is 4.79 Å². The number of rotatable bonds is 29. The number of carboxylic acid groups (broad SMARTS) is 1. The highest BCUT2D eigenvalue weighted by Gasteiger charge is 2.08. The lowest BCUT2D eigenvalue weighted by Gasteiger charge is -2.19. The fourth-order valence-electron chi connectivity index (χ4n) is 4.21. The second kappa shape index (κ2) is 28.5. The first-order chi connectivity index (χ1) is 16.7. The number of carbonyl (C=O) groups is 1. The summed E-state index contributed by atoms with van der Waals surface area (Å²) in [6.45, 7) is 5.15. The Kier molecular flexibility index (Phi) is 28.0. The average molecular weight is 488 g/mol. The average Bonchev–Trinajstić information content (AvgIpc) is 2.82. The van der Waals surface area contributed by atoms with Crippen LogP contribution in [-0.4, -0.2) is 61.8 Å². The molecule has 204 valence electrons. The van der Waals surface area contributed by atoms with E-state index >= 15 is 0 Å². The van der Waals surface area contributed by atoms with Crippen molar-refractivity contribution in [2.45, 2.75) is 135 Å². The maximum absolute atomic E-state index is 10.6. The lowest BCUT2D eigenvalue weighted by atomic mass is 10.0. The molecule has 1 unspecified atom stereocenters. The van der Waals surface area contributed by atoms with Gasteiger partial charge in [0.2, 0.25) is 0 Å². The van der Waals surface area contributed by atoms with Gasteiger partial charge < -0.3 is 25.0 Å². The molecule has 0 aromatic heterocycles. The Morgan fingerprint density at radius 2 is 1.12 bits per heavy atom. The molecule has 34 heavy (non-hydrogen) atoms. The molecule has 0 aromatic rings. The third kappa shape index (κ3) is 27.6. The minimum Gasteiger partial charge on any atom is -0.481 e. The molecule has 0 aliphatic carbocycles. The number of aliphatic carboxylic acids is 1. The first-order valence-corrected chi connectivity index (χ1v) is 14.4. The Bertz CT molecular complexity index is 408. The number of aliphatic hydroxyl groups is 1. The maximum Gasteiger partial charge on any atom is 0.305 e. The van der Waals surface area contributed by atoms with Gasteiger partial charge in [-0.15, -0.1) is 0 Å². The molecule has 0 aliphatic rings. The molecule has 6 nitrogen and oxygen atoms in total. The van der Waals surface area contributed by atoms with Crippen LogP contribution in [0.5, 0.6) is 0 Å². The molecule has 0 saturated carbocycles. The molecule has 6 heteroatoms. The van der Waals surface area contributed by atoms with Gasteiger partial charge in [-0.3, -0.25) is 4.79 Å². The van der Waals surface area contributed by atoms with Crippen molar-refractivity contribution in [2.75, 3.05) is 39.6 Å². The van der Waals surface area contributed by atoms with E-state index in [-0.39, 0.29) is 19.6 Å². The van der Waals surface area contributed by atoms with Crippen molar-refractivity contribution >= 4 is 5.97 Å². The molecule has 0 radical (unpaired) electrons. The third-order valence-corrected chi connectivity index (χ3v) is 6.38. The molecular formula is C28H57NO5. The summed E-state index contributed by atoms with van der Waals surface area (Å²) in [5, 5.41) is 21.1. The summed E-state index contributed by atoms with van der Waals surface area (Å²) in [5.74, 6) is -0.824. The molecule has 0 fully saturated rings. The van der Waals surface area contributed by atoms with Crippen molar-refractivity contribution in [3.63, 3.8) is 0 Å². The van der Waals surface area contributed by atoms with Crippen LogP contribution in [-0.2, 0) is 14.3 Å². The van der Waals surface area contributed by atoms with Gasteiger partial charge >= 0.3 is 5.97 Å². The molecule has 0 amide bonds. The zero-order chi connectivity index (χ0) is 25.0. The van der Waals surface area contributed by atoms with E-state index in [2.05, 4.69) is 12.2 Å². The molecule has 3 N–H and O–H groups in total. The number of hydrogen-bond acceptors (Lipinski definition) is 5. The molecule has 0 bridgehead atoms. The number of unbranched alkanes of at least 4 members (excludes halogenated alkanes) is 15. The maximum atomic E-state index is 10.6. The van der Waals surface area contributed by atoms with Gasteiger partial charge in [0.15, 0.2) is 0 Å². The minimum absolute atomic E-state index is 0.0512. The number of hydrogen-bond donors (Lipinski definition) is 3. The first kappa shape index (κ1) is 33.3. The van der Waals surface area contributed by atoms with Gasteiger partial charge in [0, 0.05) is 19.3 Å². The van der Waals surface area contributed by atoms with Gasteiger partial charge in [0.25, 0.3) is 0 Å². The van der Waals surface area contributed by atoms with Crippen molar-refractivity contribution in [3.05, 3.63) is 0 Å². The van der Waals surface area contributed by atoms with Crippen molar-refractivity contribution in [1.82, 2.24) is 5.32 Å². The second-order valence-electron chi connectivity index (χ2n) is 9.62. The summed E-state index contributed by atoms with van der Waals surface area (Å²) < 4.78 is 10.8. The third-order valence-electron chi connectivity index (χ3n) is 6.38. The molecule has 0 spiro atoms. The van der Waals surface area contributed by atoms with Crippen LogP contribution in [0, 0.1) is 0 Å². The van der Waals surface area contributed by atoms with Crippen molar-refractivity contribution < 1.29 is 24.5 Å². The SMILES string of the molecule is CCCCCCCCCCCCCCCCCCNC(CCOCCO)CCOCCC(=O)O. The monoisotopic (exact) mass is 487 g/mol. The largest absolute Gasteiger partial charge is 0.481 e. The van der Waals surface area contributed by atoms with E-state index in [0.717, 1.165) is 19.4 Å². The van der Waals surface area contributed by atoms with Crippen molar-refractivity contribution in [3.8, 4) is 0 Å². The van der Waals surface area contributed by atoms with Crippen LogP contribution in [0.2, 0.25) is 0 Å². The van der Waals surface area contributed by atoms with E-state index in [1.54, 1.807) is 0 Å². The van der Waals surface area contributed by atoms with Crippen LogP contribution >= 0.6 is 0 Å². The van der Waals surface area contributed by atoms with Crippen LogP contribution in [0.4, 0.5) is 0 Å². The van der Waals surface area contributed by atoms with Crippen LogP contribution in [0.1, 0.15) is 129 Å². The Hall–Kier alpha value is -0.690. The summed E-state index contributed by atoms with van der Waals surface area (Å²) in [4.78, 5) is 10.6. The van der Waals surface area contributed by atoms with Gasteiger partial charge in [-0.1, -0.05) is 103 Å². The van der Waals surface area contributed by atoms with Crippen molar-refractivity contribution in [2.24, 2.45) is 0 Å². The topological polar surface area (TPSA) is 88.0 Å². The summed E-state index contributed by atoms with van der Waals surface area (Å²) in [6, 6.07) is 0.305. The Morgan fingerprint density at radius 1 is 0.676 bits per heavy atom. The molecule has 0 saturated heterocycles. The van der Waals surface area contributed by atoms with E-state index in [0.29, 0.717) is 25.9 Å². The highest BCUT2D eigenvalue weighted by atomic mass is 16.5. The Balaban J connectivity index is 3.54. The lowest BCUT2D eigenvalue weighted by molar-refractivity contribution is -0.138. The van der Waals surface area contributed by atoms with Crippen LogP contribution in [0.15, 0.2) is 0 Å². The molecule has 0 aliphatic heterocycles. The molecule has 0 heterocycles. The molecule has 0 aromatic carbocycles. The van der Waals surface area contributed by atoms with E-state index < -0.39 is 5.97 Å². The van der Waals surface area contributed by atoms with Crippen molar-refractivity contribution in [1.29, 1.82) is 0 Å². The Morgan fingerprint density at radius 3 is 1.56 bits per heavy atom. The predicted molar refractivity (Wildman–Crippen MR) is 142 cm³/mol. The predicted octanol–water partition coefficient (Wildman–Crippen LogP) is 6.49. The second-order valence-corrected chi connectivity index (χ2v) is 9.62. The fraction of sp³-hybridized carbons (Fsp3) is 0.964. The smallest absolute Gasteiger partial charge is 0.305 e. The first-order valence-electron chi connectivity index (χ1n) is 14.4. The minimum atomic E-state index is -0.824. The van der Waals surface area contributed by atoms with Gasteiger partial charge in [0.05, 0.1) is 26.2 Å². The summed E-state index contributed by atoms with van der Waals surface area (Å²) in [5.41, 5.74) is 0. The van der Waals surface area contributed by atoms with Crippen LogP contribution in [0.25, 0.3) is 0 Å². The normalized spacial score (nSPS) is 12.3. The zero-order valence-electron chi connectivity index (χ0n) is 22.4. The molecule has 1 atom stereocenters. The fourth-order valence-corrected chi connectivity index (χ4v) is 4.21. The summed E-state index contributed by atoms with van der Waals surface area (Å²) >= 11 is 0. The van der Waals surface area contributed by atoms with E-state index in [1.165, 1.54) is 103 Å². The standard InChI is InChI=1S/C28H57NO5/c1-2-3-4-5-6-7-8-9-10-11-12-13-14-15-16-17-21-29-27(19-24-34-26-22-30)18-23-33-25-20-28(31)32/h27,29-30H,2-26H2,1H3,(H,31,32). The zero-order valence-corrected chi connectivity index (χ0v) is 22.4. The molecule has 0 rings (SSSR count). The summed E-state index contributed by atoms with van der Waals surface area (Å²) in [7, 11) is 0. The lowest BCUT2D eigenvalue weighted by Crippen LogP contribution is -2.32. The van der Waals surface area contributed by atoms with E-state index in [1.807, 2.05) is 0 Å². The van der Waals surface area contributed by atoms with Gasteiger partial charge in [-0.05, 0) is 25.8 Å². The summed E-state index contributed by atoms with van der Waals surface area (Å²) in [6.07, 6.45) is 23.9. The number of ether oxygens (including phenoxy) is 2.